The van der Waals surface area contributed by atoms with E-state index in [-0.39, 0.29) is 0 Å². The number of aliphatic carboxylic acids is 1. The van der Waals surface area contributed by atoms with Gasteiger partial charge in [0, 0.05) is 11.3 Å². The molecule has 0 saturated carbocycles. The second-order valence-corrected chi connectivity index (χ2v) is 4.76. The number of nitrogens with zero attached hydrogens (tertiary/aromatic N) is 1. The Labute approximate surface area is 112 Å². The maximum Gasteiger partial charge on any atom is 0.329 e. The fourth-order valence-corrected chi connectivity index (χ4v) is 1.88. The van der Waals surface area contributed by atoms with Gasteiger partial charge in [-0.05, 0) is 32.4 Å². The number of amides is 1. The van der Waals surface area contributed by atoms with Gasteiger partial charge in [-0.2, -0.15) is 0 Å². The molecule has 6 heteroatoms. The van der Waals surface area contributed by atoms with Crippen molar-refractivity contribution in [2.45, 2.75) is 39.2 Å². The van der Waals surface area contributed by atoms with E-state index in [0.717, 1.165) is 0 Å². The standard InChI is InChI=1S/C13H19N3O3/c1-4-5-13(3,12(18)19)16-10-7-9(11(14)17)6-8(2)15-10/h6-7H,4-5H2,1-3H3,(H2,14,17)(H,15,16)(H,18,19). The first-order chi connectivity index (χ1) is 8.78. The number of aromatic nitrogens is 1. The van der Waals surface area contributed by atoms with Crippen LogP contribution in [0.4, 0.5) is 5.82 Å². The van der Waals surface area contributed by atoms with E-state index >= 15 is 0 Å². The third-order valence-corrected chi connectivity index (χ3v) is 2.86. The zero-order valence-electron chi connectivity index (χ0n) is 11.4. The van der Waals surface area contributed by atoms with Gasteiger partial charge >= 0.3 is 5.97 Å². The van der Waals surface area contributed by atoms with Crippen LogP contribution in [0.15, 0.2) is 12.1 Å². The Kier molecular flexibility index (Phi) is 4.47. The van der Waals surface area contributed by atoms with Crippen molar-refractivity contribution in [1.29, 1.82) is 0 Å². The summed E-state index contributed by atoms with van der Waals surface area (Å²) in [5, 5.41) is 12.2. The van der Waals surface area contributed by atoms with Gasteiger partial charge in [-0.25, -0.2) is 9.78 Å². The minimum Gasteiger partial charge on any atom is -0.480 e. The Bertz CT molecular complexity index is 502. The molecule has 1 aromatic heterocycles. The van der Waals surface area contributed by atoms with Crippen LogP contribution in [0.2, 0.25) is 0 Å². The molecule has 0 bridgehead atoms. The normalized spacial score (nSPS) is 13.6. The van der Waals surface area contributed by atoms with Crippen LogP contribution in [0.3, 0.4) is 0 Å². The van der Waals surface area contributed by atoms with Gasteiger partial charge in [0.25, 0.3) is 0 Å². The lowest BCUT2D eigenvalue weighted by Gasteiger charge is -2.26. The molecule has 1 amide bonds. The number of hydrogen-bond donors (Lipinski definition) is 3. The minimum atomic E-state index is -1.12. The number of primary amides is 1. The van der Waals surface area contributed by atoms with Crippen LogP contribution in [0.1, 0.15) is 42.7 Å². The second-order valence-electron chi connectivity index (χ2n) is 4.76. The predicted molar refractivity (Wildman–Crippen MR) is 72.1 cm³/mol. The molecule has 6 nitrogen and oxygen atoms in total. The SMILES string of the molecule is CCCC(C)(Nc1cc(C(N)=O)cc(C)n1)C(=O)O. The van der Waals surface area contributed by atoms with E-state index < -0.39 is 17.4 Å². The summed E-state index contributed by atoms with van der Waals surface area (Å²) in [5.74, 6) is -1.19. The molecule has 0 aliphatic heterocycles. The topological polar surface area (TPSA) is 105 Å². The fourth-order valence-electron chi connectivity index (χ4n) is 1.88. The van der Waals surface area contributed by atoms with Crippen molar-refractivity contribution >= 4 is 17.7 Å². The molecule has 0 spiro atoms. The summed E-state index contributed by atoms with van der Waals surface area (Å²) < 4.78 is 0. The molecule has 0 saturated heterocycles. The van der Waals surface area contributed by atoms with Gasteiger partial charge in [-0.15, -0.1) is 0 Å². The van der Waals surface area contributed by atoms with Crippen LogP contribution in [0, 0.1) is 6.92 Å². The van der Waals surface area contributed by atoms with E-state index in [1.165, 1.54) is 6.07 Å². The number of hydrogen-bond acceptors (Lipinski definition) is 4. The molecule has 1 aromatic rings. The molecule has 0 fully saturated rings. The fraction of sp³-hybridized carbons (Fsp3) is 0.462. The van der Waals surface area contributed by atoms with Gasteiger partial charge in [0.1, 0.15) is 11.4 Å². The quantitative estimate of drug-likeness (QED) is 0.723. The van der Waals surface area contributed by atoms with E-state index in [1.54, 1.807) is 19.9 Å². The number of rotatable bonds is 6. The molecule has 1 rings (SSSR count). The average Bonchev–Trinajstić information content (AvgIpc) is 2.27. The number of carboxylic acid groups (broad SMARTS) is 1. The molecular formula is C13H19N3O3. The number of carbonyl (C=O) groups is 2. The molecule has 1 heterocycles. The van der Waals surface area contributed by atoms with Crippen LogP contribution in [0.5, 0.6) is 0 Å². The van der Waals surface area contributed by atoms with Crippen molar-refractivity contribution in [2.75, 3.05) is 5.32 Å². The van der Waals surface area contributed by atoms with Gasteiger partial charge in [0.15, 0.2) is 0 Å². The highest BCUT2D eigenvalue weighted by atomic mass is 16.4. The Hall–Kier alpha value is -2.11. The van der Waals surface area contributed by atoms with Crippen molar-refractivity contribution in [3.05, 3.63) is 23.4 Å². The Morgan fingerprint density at radius 1 is 1.47 bits per heavy atom. The Morgan fingerprint density at radius 2 is 2.11 bits per heavy atom. The molecular weight excluding hydrogens is 246 g/mol. The average molecular weight is 265 g/mol. The van der Waals surface area contributed by atoms with Gasteiger partial charge in [0.2, 0.25) is 5.91 Å². The summed E-state index contributed by atoms with van der Waals surface area (Å²) in [4.78, 5) is 26.7. The lowest BCUT2D eigenvalue weighted by Crippen LogP contribution is -2.43. The van der Waals surface area contributed by atoms with Crippen molar-refractivity contribution < 1.29 is 14.7 Å². The maximum absolute atomic E-state index is 11.3. The number of aryl methyl sites for hydroxylation is 1. The summed E-state index contributed by atoms with van der Waals surface area (Å²) in [6.07, 6.45) is 1.16. The van der Waals surface area contributed by atoms with Crippen molar-refractivity contribution in [3.8, 4) is 0 Å². The largest absolute Gasteiger partial charge is 0.480 e. The summed E-state index contributed by atoms with van der Waals surface area (Å²) in [6, 6.07) is 3.03. The highest BCUT2D eigenvalue weighted by Crippen LogP contribution is 2.20. The van der Waals surface area contributed by atoms with E-state index in [1.807, 2.05) is 6.92 Å². The molecule has 0 aliphatic rings. The number of nitrogens with two attached hydrogens (primary N) is 1. The molecule has 0 radical (unpaired) electrons. The van der Waals surface area contributed by atoms with Crippen molar-refractivity contribution in [1.82, 2.24) is 4.98 Å². The highest BCUT2D eigenvalue weighted by molar-refractivity contribution is 5.93. The zero-order chi connectivity index (χ0) is 14.6. The summed E-state index contributed by atoms with van der Waals surface area (Å²) in [6.45, 7) is 5.21. The molecule has 1 unspecified atom stereocenters. The first kappa shape index (κ1) is 14.9. The van der Waals surface area contributed by atoms with E-state index in [0.29, 0.717) is 29.9 Å². The molecule has 19 heavy (non-hydrogen) atoms. The van der Waals surface area contributed by atoms with E-state index in [9.17, 15) is 14.7 Å². The summed E-state index contributed by atoms with van der Waals surface area (Å²) in [5.41, 5.74) is 5.01. The first-order valence-corrected chi connectivity index (χ1v) is 6.08. The number of carbonyl (C=O) groups excluding carboxylic acids is 1. The predicted octanol–water partition coefficient (Wildman–Crippen LogP) is 1.54. The molecule has 4 N–H and O–H groups in total. The van der Waals surface area contributed by atoms with Gasteiger partial charge in [-0.3, -0.25) is 4.79 Å². The Balaban J connectivity index is 3.09. The van der Waals surface area contributed by atoms with E-state index in [2.05, 4.69) is 10.3 Å². The summed E-state index contributed by atoms with van der Waals surface area (Å²) >= 11 is 0. The number of pyridine rings is 1. The lowest BCUT2D eigenvalue weighted by molar-refractivity contribution is -0.142. The second kappa shape index (κ2) is 5.69. The van der Waals surface area contributed by atoms with E-state index in [4.69, 9.17) is 5.73 Å². The number of anilines is 1. The Morgan fingerprint density at radius 3 is 2.58 bits per heavy atom. The van der Waals surface area contributed by atoms with Gasteiger partial charge in [-0.1, -0.05) is 13.3 Å². The third-order valence-electron chi connectivity index (χ3n) is 2.86. The third kappa shape index (κ3) is 3.67. The summed E-state index contributed by atoms with van der Waals surface area (Å²) in [7, 11) is 0. The van der Waals surface area contributed by atoms with Crippen molar-refractivity contribution in [2.24, 2.45) is 5.73 Å². The lowest BCUT2D eigenvalue weighted by atomic mass is 9.96. The molecule has 0 aliphatic carbocycles. The minimum absolute atomic E-state index is 0.305. The zero-order valence-corrected chi connectivity index (χ0v) is 11.4. The van der Waals surface area contributed by atoms with Crippen LogP contribution >= 0.6 is 0 Å². The van der Waals surface area contributed by atoms with Crippen LogP contribution < -0.4 is 11.1 Å². The van der Waals surface area contributed by atoms with Crippen LogP contribution in [0.25, 0.3) is 0 Å². The highest BCUT2D eigenvalue weighted by Gasteiger charge is 2.32. The molecule has 1 atom stereocenters. The maximum atomic E-state index is 11.3. The molecule has 104 valence electrons. The number of carboxylic acids is 1. The van der Waals surface area contributed by atoms with Crippen molar-refractivity contribution in [3.63, 3.8) is 0 Å². The smallest absolute Gasteiger partial charge is 0.329 e. The van der Waals surface area contributed by atoms with Crippen LogP contribution in [-0.2, 0) is 4.79 Å². The first-order valence-electron chi connectivity index (χ1n) is 6.08. The van der Waals surface area contributed by atoms with Gasteiger partial charge < -0.3 is 16.2 Å². The monoisotopic (exact) mass is 265 g/mol. The van der Waals surface area contributed by atoms with Crippen LogP contribution in [-0.4, -0.2) is 27.5 Å². The molecule has 0 aromatic carbocycles. The van der Waals surface area contributed by atoms with Gasteiger partial charge in [0.05, 0.1) is 0 Å². The number of nitrogens with one attached hydrogen (secondary N) is 1.